The molecule has 1 amide bonds. The first-order valence-electron chi connectivity index (χ1n) is 6.08. The average Bonchev–Trinajstić information content (AvgIpc) is 2.32. The van der Waals surface area contributed by atoms with Gasteiger partial charge in [0.25, 0.3) is 5.91 Å². The first kappa shape index (κ1) is 15.9. The maximum atomic E-state index is 13.4. The fourth-order valence-electron chi connectivity index (χ4n) is 2.24. The smallest absolute Gasteiger partial charge is 0.257 e. The van der Waals surface area contributed by atoms with Gasteiger partial charge >= 0.3 is 0 Å². The molecule has 106 valence electrons. The van der Waals surface area contributed by atoms with Crippen LogP contribution in [-0.4, -0.2) is 18.0 Å². The van der Waals surface area contributed by atoms with Gasteiger partial charge in [-0.2, -0.15) is 0 Å². The van der Waals surface area contributed by atoms with Crippen LogP contribution < -0.4 is 11.1 Å². The summed E-state index contributed by atoms with van der Waals surface area (Å²) in [6.07, 6.45) is 3.15. The van der Waals surface area contributed by atoms with Crippen LogP contribution >= 0.6 is 12.4 Å². The molecule has 0 radical (unpaired) electrons. The Labute approximate surface area is 117 Å². The van der Waals surface area contributed by atoms with Gasteiger partial charge in [0.1, 0.15) is 17.2 Å². The van der Waals surface area contributed by atoms with Crippen LogP contribution in [0.15, 0.2) is 18.2 Å². The van der Waals surface area contributed by atoms with Crippen molar-refractivity contribution in [2.75, 3.05) is 0 Å². The lowest BCUT2D eigenvalue weighted by molar-refractivity contribution is 0.0917. The standard InChI is InChI=1S/C13H16F2N2O.ClH/c14-10-2-1-3-11(15)12(10)13(18)17-9-6-4-8(16)5-7-9;/h1-3,8-9H,4-7,16H2,(H,17,18);1H. The summed E-state index contributed by atoms with van der Waals surface area (Å²) in [5.74, 6) is -2.36. The van der Waals surface area contributed by atoms with Gasteiger partial charge in [-0.1, -0.05) is 6.07 Å². The summed E-state index contributed by atoms with van der Waals surface area (Å²) in [6.45, 7) is 0. The summed E-state index contributed by atoms with van der Waals surface area (Å²) in [6, 6.07) is 3.52. The zero-order valence-electron chi connectivity index (χ0n) is 10.4. The molecule has 0 aliphatic heterocycles. The second-order valence-electron chi connectivity index (χ2n) is 4.68. The van der Waals surface area contributed by atoms with Crippen molar-refractivity contribution in [3.63, 3.8) is 0 Å². The molecule has 0 bridgehead atoms. The molecule has 1 fully saturated rings. The van der Waals surface area contributed by atoms with Crippen molar-refractivity contribution in [1.82, 2.24) is 5.32 Å². The predicted molar refractivity (Wildman–Crippen MR) is 71.3 cm³/mol. The van der Waals surface area contributed by atoms with Crippen LogP contribution in [0.2, 0.25) is 0 Å². The van der Waals surface area contributed by atoms with Crippen LogP contribution in [0.4, 0.5) is 8.78 Å². The lowest BCUT2D eigenvalue weighted by Crippen LogP contribution is -2.41. The largest absolute Gasteiger partial charge is 0.349 e. The number of halogens is 3. The maximum absolute atomic E-state index is 13.4. The van der Waals surface area contributed by atoms with Gasteiger partial charge in [-0.25, -0.2) is 8.78 Å². The van der Waals surface area contributed by atoms with Crippen LogP contribution in [0, 0.1) is 11.6 Å². The highest BCUT2D eigenvalue weighted by Gasteiger charge is 2.23. The van der Waals surface area contributed by atoms with E-state index in [-0.39, 0.29) is 24.5 Å². The van der Waals surface area contributed by atoms with E-state index < -0.39 is 23.1 Å². The third kappa shape index (κ3) is 3.88. The quantitative estimate of drug-likeness (QED) is 0.879. The van der Waals surface area contributed by atoms with Crippen molar-refractivity contribution in [2.24, 2.45) is 5.73 Å². The van der Waals surface area contributed by atoms with Crippen LogP contribution in [0.1, 0.15) is 36.0 Å². The number of rotatable bonds is 2. The lowest BCUT2D eigenvalue weighted by Gasteiger charge is -2.26. The van der Waals surface area contributed by atoms with Crippen molar-refractivity contribution in [2.45, 2.75) is 37.8 Å². The van der Waals surface area contributed by atoms with Crippen molar-refractivity contribution in [3.05, 3.63) is 35.4 Å². The molecule has 0 atom stereocenters. The van der Waals surface area contributed by atoms with E-state index in [1.165, 1.54) is 6.07 Å². The van der Waals surface area contributed by atoms with Gasteiger partial charge in [0.2, 0.25) is 0 Å². The number of hydrogen-bond acceptors (Lipinski definition) is 2. The van der Waals surface area contributed by atoms with Crippen molar-refractivity contribution in [1.29, 1.82) is 0 Å². The topological polar surface area (TPSA) is 55.1 Å². The average molecular weight is 291 g/mol. The molecule has 1 aromatic carbocycles. The van der Waals surface area contributed by atoms with Gasteiger partial charge in [0, 0.05) is 12.1 Å². The fourth-order valence-corrected chi connectivity index (χ4v) is 2.24. The Morgan fingerprint density at radius 1 is 1.16 bits per heavy atom. The normalized spacial score (nSPS) is 22.5. The number of carbonyl (C=O) groups excluding carboxylic acids is 1. The van der Waals surface area contributed by atoms with E-state index in [1.807, 2.05) is 0 Å². The SMILES string of the molecule is Cl.NC1CCC(NC(=O)c2c(F)cccc2F)CC1. The zero-order chi connectivity index (χ0) is 13.1. The van der Waals surface area contributed by atoms with Crippen LogP contribution in [-0.2, 0) is 0 Å². The minimum atomic E-state index is -0.833. The molecule has 0 heterocycles. The molecule has 19 heavy (non-hydrogen) atoms. The number of nitrogens with one attached hydrogen (secondary N) is 1. The Bertz CT molecular complexity index is 428. The van der Waals surface area contributed by atoms with Crippen LogP contribution in [0.25, 0.3) is 0 Å². The molecule has 3 N–H and O–H groups in total. The first-order chi connectivity index (χ1) is 8.58. The van der Waals surface area contributed by atoms with Crippen molar-refractivity contribution >= 4 is 18.3 Å². The molecule has 2 rings (SSSR count). The first-order valence-corrected chi connectivity index (χ1v) is 6.08. The number of benzene rings is 1. The van der Waals surface area contributed by atoms with E-state index in [4.69, 9.17) is 5.73 Å². The summed E-state index contributed by atoms with van der Waals surface area (Å²) in [5.41, 5.74) is 5.25. The second kappa shape index (κ2) is 6.82. The Kier molecular flexibility index (Phi) is 5.69. The molecule has 0 aromatic heterocycles. The van der Waals surface area contributed by atoms with Gasteiger partial charge in [-0.3, -0.25) is 4.79 Å². The molecule has 0 unspecified atom stereocenters. The monoisotopic (exact) mass is 290 g/mol. The molecule has 1 aliphatic carbocycles. The van der Waals surface area contributed by atoms with E-state index >= 15 is 0 Å². The summed E-state index contributed by atoms with van der Waals surface area (Å²) in [4.78, 5) is 11.8. The predicted octanol–water partition coefficient (Wildman–Crippen LogP) is 2.39. The number of amides is 1. The van der Waals surface area contributed by atoms with E-state index in [9.17, 15) is 13.6 Å². The van der Waals surface area contributed by atoms with Gasteiger partial charge in [0.05, 0.1) is 0 Å². The van der Waals surface area contributed by atoms with Gasteiger partial charge in [0.15, 0.2) is 0 Å². The molecule has 6 heteroatoms. The Hall–Kier alpha value is -1.20. The highest BCUT2D eigenvalue weighted by atomic mass is 35.5. The van der Waals surface area contributed by atoms with E-state index in [0.29, 0.717) is 0 Å². The molecule has 3 nitrogen and oxygen atoms in total. The summed E-state index contributed by atoms with van der Waals surface area (Å²) < 4.78 is 26.8. The minimum absolute atomic E-state index is 0. The van der Waals surface area contributed by atoms with Crippen LogP contribution in [0.3, 0.4) is 0 Å². The van der Waals surface area contributed by atoms with Gasteiger partial charge in [-0.05, 0) is 37.8 Å². The molecule has 1 aromatic rings. The second-order valence-corrected chi connectivity index (χ2v) is 4.68. The zero-order valence-corrected chi connectivity index (χ0v) is 11.2. The minimum Gasteiger partial charge on any atom is -0.349 e. The molecule has 1 saturated carbocycles. The fraction of sp³-hybridized carbons (Fsp3) is 0.462. The highest BCUT2D eigenvalue weighted by molar-refractivity contribution is 5.94. The molecular formula is C13H17ClF2N2O. The molecule has 0 saturated heterocycles. The molecule has 0 spiro atoms. The van der Waals surface area contributed by atoms with E-state index in [1.54, 1.807) is 0 Å². The van der Waals surface area contributed by atoms with Crippen molar-refractivity contribution in [3.8, 4) is 0 Å². The third-order valence-electron chi connectivity index (χ3n) is 3.30. The number of nitrogens with two attached hydrogens (primary N) is 1. The molecule has 1 aliphatic rings. The van der Waals surface area contributed by atoms with E-state index in [0.717, 1.165) is 37.8 Å². The number of hydrogen-bond donors (Lipinski definition) is 2. The van der Waals surface area contributed by atoms with Crippen molar-refractivity contribution < 1.29 is 13.6 Å². The summed E-state index contributed by atoms with van der Waals surface area (Å²) >= 11 is 0. The third-order valence-corrected chi connectivity index (χ3v) is 3.30. The summed E-state index contributed by atoms with van der Waals surface area (Å²) in [5, 5.41) is 2.66. The van der Waals surface area contributed by atoms with Gasteiger partial charge in [-0.15, -0.1) is 12.4 Å². The maximum Gasteiger partial charge on any atom is 0.257 e. The van der Waals surface area contributed by atoms with Gasteiger partial charge < -0.3 is 11.1 Å². The number of carbonyl (C=O) groups is 1. The lowest BCUT2D eigenvalue weighted by atomic mass is 9.91. The van der Waals surface area contributed by atoms with E-state index in [2.05, 4.69) is 5.32 Å². The Morgan fingerprint density at radius 2 is 1.68 bits per heavy atom. The van der Waals surface area contributed by atoms with Crippen LogP contribution in [0.5, 0.6) is 0 Å². The molecular weight excluding hydrogens is 274 g/mol. The Morgan fingerprint density at radius 3 is 2.21 bits per heavy atom. The highest BCUT2D eigenvalue weighted by Crippen LogP contribution is 2.18. The summed E-state index contributed by atoms with van der Waals surface area (Å²) in [7, 11) is 0. The Balaban J connectivity index is 0.00000180.